The van der Waals surface area contributed by atoms with E-state index in [4.69, 9.17) is 0 Å². The monoisotopic (exact) mass is 461 g/mol. The Morgan fingerprint density at radius 2 is 1.76 bits per heavy atom. The molecule has 4 atom stereocenters. The van der Waals surface area contributed by atoms with E-state index in [0.29, 0.717) is 11.5 Å². The number of nitrogens with zero attached hydrogens (tertiary/aromatic N) is 4. The fourth-order valence-corrected chi connectivity index (χ4v) is 5.33. The van der Waals surface area contributed by atoms with Gasteiger partial charge in [0.1, 0.15) is 18.5 Å². The Morgan fingerprint density at radius 1 is 1.03 bits per heavy atom. The van der Waals surface area contributed by atoms with Crippen molar-refractivity contribution in [2.75, 3.05) is 31.6 Å². The van der Waals surface area contributed by atoms with Crippen molar-refractivity contribution in [3.63, 3.8) is 0 Å². The maximum atomic E-state index is 13.7. The highest BCUT2D eigenvalue weighted by Gasteiger charge is 2.57. The summed E-state index contributed by atoms with van der Waals surface area (Å²) in [4.78, 5) is 46.8. The van der Waals surface area contributed by atoms with Gasteiger partial charge in [-0.15, -0.1) is 0 Å². The summed E-state index contributed by atoms with van der Waals surface area (Å²) in [6.07, 6.45) is -0.662. The standard InChI is InChI=1S/C26H31N5O3/c1-16-13-29(20-11-10-17(2)18(3)12-20)25-27-23-22(30(25)14-16)24(33)31(26(34)28(23)4)15-21(32)19-8-6-5-7-9-19/h5-12,16,22-23,25,27H,13-15H2,1-4H3. The lowest BCUT2D eigenvalue weighted by Crippen LogP contribution is -2.67. The number of carbonyl (C=O) groups excluding carboxylic acids is 3. The van der Waals surface area contributed by atoms with Gasteiger partial charge in [0.25, 0.3) is 5.91 Å². The third kappa shape index (κ3) is 3.67. The minimum Gasteiger partial charge on any atom is -0.343 e. The van der Waals surface area contributed by atoms with Crippen molar-refractivity contribution >= 4 is 23.4 Å². The number of benzene rings is 2. The number of imide groups is 1. The number of carbonyl (C=O) groups is 3. The van der Waals surface area contributed by atoms with Gasteiger partial charge in [0.2, 0.25) is 0 Å². The summed E-state index contributed by atoms with van der Waals surface area (Å²) in [5.41, 5.74) is 4.03. The zero-order valence-corrected chi connectivity index (χ0v) is 20.1. The number of Topliss-reactive ketones (excluding diaryl/α,β-unsaturated/α-hetero) is 1. The summed E-state index contributed by atoms with van der Waals surface area (Å²) in [7, 11) is 1.70. The molecule has 5 rings (SSSR count). The zero-order valence-electron chi connectivity index (χ0n) is 20.1. The van der Waals surface area contributed by atoms with E-state index >= 15 is 0 Å². The quantitative estimate of drug-likeness (QED) is 0.705. The van der Waals surface area contributed by atoms with Crippen LogP contribution in [0.2, 0.25) is 0 Å². The predicted molar refractivity (Wildman–Crippen MR) is 129 cm³/mol. The van der Waals surface area contributed by atoms with E-state index < -0.39 is 18.2 Å². The molecule has 3 aliphatic heterocycles. The van der Waals surface area contributed by atoms with E-state index in [1.165, 1.54) is 11.1 Å². The van der Waals surface area contributed by atoms with E-state index in [0.717, 1.165) is 23.7 Å². The Kier molecular flexibility index (Phi) is 5.65. The number of aryl methyl sites for hydroxylation is 2. The molecule has 3 aliphatic rings. The second-order valence-electron chi connectivity index (χ2n) is 9.76. The Bertz CT molecular complexity index is 1140. The normalized spacial score (nSPS) is 27.1. The average Bonchev–Trinajstić information content (AvgIpc) is 3.21. The molecule has 3 fully saturated rings. The molecule has 0 radical (unpaired) electrons. The first kappa shape index (κ1) is 22.6. The maximum absolute atomic E-state index is 13.7. The molecule has 8 nitrogen and oxygen atoms in total. The number of ketones is 1. The maximum Gasteiger partial charge on any atom is 0.328 e. The predicted octanol–water partition coefficient (Wildman–Crippen LogP) is 2.42. The van der Waals surface area contributed by atoms with Crippen LogP contribution in [-0.2, 0) is 4.79 Å². The molecule has 4 unspecified atom stereocenters. The van der Waals surface area contributed by atoms with Crippen LogP contribution in [0.3, 0.4) is 0 Å². The number of urea groups is 1. The largest absolute Gasteiger partial charge is 0.343 e. The third-order valence-corrected chi connectivity index (χ3v) is 7.30. The Labute approximate surface area is 200 Å². The number of anilines is 1. The van der Waals surface area contributed by atoms with Gasteiger partial charge in [0.05, 0.1) is 6.54 Å². The van der Waals surface area contributed by atoms with E-state index in [2.05, 4.69) is 54.1 Å². The van der Waals surface area contributed by atoms with Gasteiger partial charge >= 0.3 is 6.03 Å². The summed E-state index contributed by atoms with van der Waals surface area (Å²) < 4.78 is 0. The Morgan fingerprint density at radius 3 is 2.47 bits per heavy atom. The van der Waals surface area contributed by atoms with Crippen molar-refractivity contribution in [3.05, 3.63) is 65.2 Å². The third-order valence-electron chi connectivity index (χ3n) is 7.30. The molecular weight excluding hydrogens is 430 g/mol. The fourth-order valence-electron chi connectivity index (χ4n) is 5.33. The molecule has 0 aliphatic carbocycles. The number of fused-ring (bicyclic) bond motifs is 3. The molecule has 0 spiro atoms. The first-order chi connectivity index (χ1) is 16.3. The molecule has 1 N–H and O–H groups in total. The van der Waals surface area contributed by atoms with E-state index in [9.17, 15) is 14.4 Å². The summed E-state index contributed by atoms with van der Waals surface area (Å²) in [6, 6.07) is 14.2. The van der Waals surface area contributed by atoms with Crippen LogP contribution < -0.4 is 10.2 Å². The summed E-state index contributed by atoms with van der Waals surface area (Å²) in [5.74, 6) is -0.240. The molecule has 2 aromatic carbocycles. The minimum absolute atomic E-state index is 0.211. The second kappa shape index (κ2) is 8.52. The van der Waals surface area contributed by atoms with Crippen LogP contribution in [0, 0.1) is 19.8 Å². The smallest absolute Gasteiger partial charge is 0.328 e. The molecule has 3 amide bonds. The highest BCUT2D eigenvalue weighted by molar-refractivity contribution is 6.07. The summed E-state index contributed by atoms with van der Waals surface area (Å²) >= 11 is 0. The van der Waals surface area contributed by atoms with Gasteiger partial charge < -0.3 is 9.80 Å². The van der Waals surface area contributed by atoms with Gasteiger partial charge in [-0.25, -0.2) is 4.79 Å². The van der Waals surface area contributed by atoms with Gasteiger partial charge in [0.15, 0.2) is 5.78 Å². The fraction of sp³-hybridized carbons (Fsp3) is 0.423. The van der Waals surface area contributed by atoms with Crippen LogP contribution in [0.15, 0.2) is 48.5 Å². The molecule has 0 bridgehead atoms. The van der Waals surface area contributed by atoms with E-state index in [1.807, 2.05) is 6.07 Å². The van der Waals surface area contributed by atoms with Crippen molar-refractivity contribution < 1.29 is 14.4 Å². The van der Waals surface area contributed by atoms with Crippen LogP contribution in [0.1, 0.15) is 28.4 Å². The van der Waals surface area contributed by atoms with Crippen LogP contribution in [0.25, 0.3) is 0 Å². The number of hydrogen-bond acceptors (Lipinski definition) is 6. The lowest BCUT2D eigenvalue weighted by Gasteiger charge is -2.46. The van der Waals surface area contributed by atoms with Crippen LogP contribution in [0.4, 0.5) is 10.5 Å². The lowest BCUT2D eigenvalue weighted by molar-refractivity contribution is -0.138. The highest BCUT2D eigenvalue weighted by atomic mass is 16.2. The molecule has 3 heterocycles. The van der Waals surface area contributed by atoms with Crippen molar-refractivity contribution in [2.24, 2.45) is 5.92 Å². The minimum atomic E-state index is -0.548. The van der Waals surface area contributed by atoms with Crippen molar-refractivity contribution in [3.8, 4) is 0 Å². The van der Waals surface area contributed by atoms with Crippen LogP contribution >= 0.6 is 0 Å². The van der Waals surface area contributed by atoms with Gasteiger partial charge in [-0.1, -0.05) is 43.3 Å². The number of nitrogens with one attached hydrogen (secondary N) is 1. The second-order valence-corrected chi connectivity index (χ2v) is 9.76. The van der Waals surface area contributed by atoms with Crippen molar-refractivity contribution in [1.29, 1.82) is 0 Å². The Balaban J connectivity index is 1.44. The summed E-state index contributed by atoms with van der Waals surface area (Å²) in [5, 5.41) is 3.54. The molecule has 3 saturated heterocycles. The van der Waals surface area contributed by atoms with E-state index in [-0.39, 0.29) is 24.5 Å². The molecule has 8 heteroatoms. The van der Waals surface area contributed by atoms with Crippen molar-refractivity contribution in [2.45, 2.75) is 39.3 Å². The molecule has 0 saturated carbocycles. The molecular formula is C26H31N5O3. The number of likely N-dealkylation sites (N-methyl/N-ethyl adjacent to an activating group) is 1. The van der Waals surface area contributed by atoms with Crippen molar-refractivity contribution in [1.82, 2.24) is 20.0 Å². The first-order valence-electron chi connectivity index (χ1n) is 11.8. The van der Waals surface area contributed by atoms with Gasteiger partial charge in [0, 0.05) is 31.4 Å². The molecule has 2 aromatic rings. The average molecular weight is 462 g/mol. The van der Waals surface area contributed by atoms with Crippen LogP contribution in [-0.4, -0.2) is 77.6 Å². The molecule has 0 aromatic heterocycles. The van der Waals surface area contributed by atoms with Gasteiger partial charge in [-0.05, 0) is 43.0 Å². The number of hydrogen-bond donors (Lipinski definition) is 1. The number of rotatable bonds is 4. The highest BCUT2D eigenvalue weighted by Crippen LogP contribution is 2.35. The Hall–Kier alpha value is -3.23. The summed E-state index contributed by atoms with van der Waals surface area (Å²) in [6.45, 7) is 7.69. The first-order valence-corrected chi connectivity index (χ1v) is 11.8. The molecule has 34 heavy (non-hydrogen) atoms. The van der Waals surface area contributed by atoms with E-state index in [1.54, 1.807) is 36.2 Å². The lowest BCUT2D eigenvalue weighted by atomic mass is 10.0. The van der Waals surface area contributed by atoms with Gasteiger partial charge in [-0.3, -0.25) is 24.7 Å². The SMILES string of the molecule is Cc1ccc(N2CC(C)CN3C4C(=O)N(CC(=O)c5ccccc5)C(=O)N(C)C4NC23)cc1C. The van der Waals surface area contributed by atoms with Crippen LogP contribution in [0.5, 0.6) is 0 Å². The number of amides is 3. The molecule has 178 valence electrons. The zero-order chi connectivity index (χ0) is 24.1. The van der Waals surface area contributed by atoms with Gasteiger partial charge in [-0.2, -0.15) is 0 Å². The topological polar surface area (TPSA) is 76.2 Å².